The van der Waals surface area contributed by atoms with Crippen molar-refractivity contribution in [2.45, 2.75) is 20.4 Å². The van der Waals surface area contributed by atoms with Gasteiger partial charge in [-0.3, -0.25) is 9.59 Å². The molecule has 1 aromatic carbocycles. The number of hydrogen-bond acceptors (Lipinski definition) is 3. The molecule has 0 atom stereocenters. The van der Waals surface area contributed by atoms with Crippen molar-refractivity contribution in [3.8, 4) is 0 Å². The molecule has 0 saturated carbocycles. The number of nitrogen functional groups attached to an aromatic ring is 1. The first-order valence-corrected chi connectivity index (χ1v) is 7.37. The van der Waals surface area contributed by atoms with Crippen LogP contribution in [0.25, 0.3) is 0 Å². The van der Waals surface area contributed by atoms with E-state index >= 15 is 0 Å². The molecule has 0 radical (unpaired) electrons. The van der Waals surface area contributed by atoms with Crippen LogP contribution in [0.4, 0.5) is 11.4 Å². The fraction of sp³-hybridized carbons (Fsp3) is 0.200. The van der Waals surface area contributed by atoms with E-state index in [1.807, 2.05) is 6.92 Å². The van der Waals surface area contributed by atoms with Gasteiger partial charge in [0, 0.05) is 18.3 Å². The lowest BCUT2D eigenvalue weighted by Crippen LogP contribution is -2.27. The number of rotatable bonds is 3. The maximum absolute atomic E-state index is 12.5. The van der Waals surface area contributed by atoms with Crippen LogP contribution in [-0.2, 0) is 6.54 Å². The summed E-state index contributed by atoms with van der Waals surface area (Å²) in [7, 11) is 0. The molecule has 2 aromatic rings. The van der Waals surface area contributed by atoms with Gasteiger partial charge in [0.2, 0.25) is 0 Å². The molecule has 0 aliphatic heterocycles. The summed E-state index contributed by atoms with van der Waals surface area (Å²) < 4.78 is 1.48. The fourth-order valence-electron chi connectivity index (χ4n) is 2.27. The molecule has 1 amide bonds. The van der Waals surface area contributed by atoms with E-state index in [9.17, 15) is 9.59 Å². The first kappa shape index (κ1) is 16.4. The first-order valence-electron chi connectivity index (χ1n) is 6.62. The van der Waals surface area contributed by atoms with Gasteiger partial charge in [-0.15, -0.1) is 0 Å². The largest absolute Gasteiger partial charge is 0.398 e. The van der Waals surface area contributed by atoms with Gasteiger partial charge < -0.3 is 15.6 Å². The van der Waals surface area contributed by atoms with Crippen LogP contribution in [0.1, 0.15) is 23.0 Å². The van der Waals surface area contributed by atoms with Crippen LogP contribution in [-0.4, -0.2) is 10.5 Å². The number of aromatic nitrogens is 1. The number of carbonyl (C=O) groups excluding carboxylic acids is 1. The van der Waals surface area contributed by atoms with E-state index in [1.54, 1.807) is 25.1 Å². The number of anilines is 2. The van der Waals surface area contributed by atoms with Gasteiger partial charge >= 0.3 is 0 Å². The van der Waals surface area contributed by atoms with Gasteiger partial charge in [0.1, 0.15) is 0 Å². The smallest absolute Gasteiger partial charge is 0.259 e. The monoisotopic (exact) mass is 339 g/mol. The van der Waals surface area contributed by atoms with E-state index in [4.69, 9.17) is 28.9 Å². The summed E-state index contributed by atoms with van der Waals surface area (Å²) in [6.45, 7) is 3.94. The number of nitrogens with one attached hydrogen (secondary N) is 1. The lowest BCUT2D eigenvalue weighted by molar-refractivity contribution is 0.102. The Labute approximate surface area is 137 Å². The van der Waals surface area contributed by atoms with Crippen LogP contribution in [0.2, 0.25) is 10.0 Å². The van der Waals surface area contributed by atoms with Gasteiger partial charge in [-0.2, -0.15) is 0 Å². The van der Waals surface area contributed by atoms with E-state index in [1.165, 1.54) is 10.6 Å². The molecule has 0 aliphatic carbocycles. The first-order chi connectivity index (χ1) is 10.4. The summed E-state index contributed by atoms with van der Waals surface area (Å²) in [4.78, 5) is 24.3. The Morgan fingerprint density at radius 1 is 1.36 bits per heavy atom. The molecule has 3 N–H and O–H groups in total. The molecule has 0 bridgehead atoms. The molecule has 1 heterocycles. The van der Waals surface area contributed by atoms with E-state index in [0.29, 0.717) is 22.9 Å². The Balaban J connectivity index is 2.46. The zero-order chi connectivity index (χ0) is 16.4. The van der Waals surface area contributed by atoms with E-state index in [-0.39, 0.29) is 21.8 Å². The zero-order valence-electron chi connectivity index (χ0n) is 12.1. The van der Waals surface area contributed by atoms with Gasteiger partial charge in [-0.05, 0) is 26.0 Å². The second-order valence-corrected chi connectivity index (χ2v) is 5.48. The third kappa shape index (κ3) is 2.96. The third-order valence-corrected chi connectivity index (χ3v) is 4.16. The second kappa shape index (κ2) is 6.42. The molecule has 0 unspecified atom stereocenters. The maximum Gasteiger partial charge on any atom is 0.259 e. The lowest BCUT2D eigenvalue weighted by Gasteiger charge is -2.15. The minimum absolute atomic E-state index is 0.128. The lowest BCUT2D eigenvalue weighted by atomic mass is 10.1. The maximum atomic E-state index is 12.5. The van der Waals surface area contributed by atoms with Gasteiger partial charge in [0.15, 0.2) is 0 Å². The summed E-state index contributed by atoms with van der Waals surface area (Å²) in [5, 5.41) is 3.25. The Morgan fingerprint density at radius 3 is 2.68 bits per heavy atom. The van der Waals surface area contributed by atoms with Gasteiger partial charge in [0.25, 0.3) is 11.5 Å². The van der Waals surface area contributed by atoms with Crippen molar-refractivity contribution in [2.75, 3.05) is 11.1 Å². The Morgan fingerprint density at radius 2 is 2.05 bits per heavy atom. The van der Waals surface area contributed by atoms with E-state index in [0.717, 1.165) is 0 Å². The van der Waals surface area contributed by atoms with Crippen molar-refractivity contribution in [2.24, 2.45) is 0 Å². The van der Waals surface area contributed by atoms with Crippen molar-refractivity contribution >= 4 is 40.5 Å². The predicted molar refractivity (Wildman–Crippen MR) is 89.9 cm³/mol. The summed E-state index contributed by atoms with van der Waals surface area (Å²) in [6.07, 6.45) is 0. The Bertz CT molecular complexity index is 800. The molecular weight excluding hydrogens is 325 g/mol. The van der Waals surface area contributed by atoms with Crippen molar-refractivity contribution in [3.05, 3.63) is 55.9 Å². The molecule has 0 aliphatic rings. The number of amides is 1. The van der Waals surface area contributed by atoms with Crippen LogP contribution in [0.15, 0.2) is 29.1 Å². The van der Waals surface area contributed by atoms with Crippen molar-refractivity contribution < 1.29 is 4.79 Å². The van der Waals surface area contributed by atoms with E-state index < -0.39 is 5.91 Å². The highest BCUT2D eigenvalue weighted by Crippen LogP contribution is 2.30. The Hall–Kier alpha value is -1.98. The van der Waals surface area contributed by atoms with Gasteiger partial charge in [0.05, 0.1) is 27.0 Å². The van der Waals surface area contributed by atoms with Gasteiger partial charge in [-0.25, -0.2) is 0 Å². The SMILES string of the molecule is CCn1c(C)c(C(=O)Nc2cccc(Cl)c2Cl)c(N)cc1=O. The van der Waals surface area contributed by atoms with Gasteiger partial charge in [-0.1, -0.05) is 29.3 Å². The molecule has 116 valence electrons. The third-order valence-electron chi connectivity index (χ3n) is 3.34. The van der Waals surface area contributed by atoms with Crippen molar-refractivity contribution in [1.82, 2.24) is 4.57 Å². The second-order valence-electron chi connectivity index (χ2n) is 4.70. The molecule has 7 heteroatoms. The molecule has 0 fully saturated rings. The minimum Gasteiger partial charge on any atom is -0.398 e. The van der Waals surface area contributed by atoms with E-state index in [2.05, 4.69) is 5.32 Å². The number of carbonyl (C=O) groups is 1. The van der Waals surface area contributed by atoms with Crippen molar-refractivity contribution in [1.29, 1.82) is 0 Å². The number of nitrogens with zero attached hydrogens (tertiary/aromatic N) is 1. The number of nitrogens with two attached hydrogens (primary N) is 1. The average molecular weight is 340 g/mol. The minimum atomic E-state index is -0.443. The molecular formula is C15H15Cl2N3O2. The van der Waals surface area contributed by atoms with Crippen LogP contribution >= 0.6 is 23.2 Å². The van der Waals surface area contributed by atoms with Crippen LogP contribution < -0.4 is 16.6 Å². The highest BCUT2D eigenvalue weighted by atomic mass is 35.5. The number of halogens is 2. The Kier molecular flexibility index (Phi) is 4.78. The van der Waals surface area contributed by atoms with Crippen LogP contribution in [0, 0.1) is 6.92 Å². The number of hydrogen-bond donors (Lipinski definition) is 2. The molecule has 1 aromatic heterocycles. The normalized spacial score (nSPS) is 10.5. The average Bonchev–Trinajstić information content (AvgIpc) is 2.43. The fourth-order valence-corrected chi connectivity index (χ4v) is 2.61. The summed E-state index contributed by atoms with van der Waals surface area (Å²) in [6, 6.07) is 6.17. The predicted octanol–water partition coefficient (Wildman–Crippen LogP) is 3.32. The highest BCUT2D eigenvalue weighted by Gasteiger charge is 2.18. The molecule has 0 saturated heterocycles. The van der Waals surface area contributed by atoms with Crippen molar-refractivity contribution in [3.63, 3.8) is 0 Å². The number of benzene rings is 1. The topological polar surface area (TPSA) is 77.1 Å². The quantitative estimate of drug-likeness (QED) is 0.900. The summed E-state index contributed by atoms with van der Waals surface area (Å²) >= 11 is 12.0. The standard InChI is InChI=1S/C15H15Cl2N3O2/c1-3-20-8(2)13(10(18)7-12(20)21)15(22)19-11-6-4-5-9(16)14(11)17/h4-7H,3,18H2,1-2H3,(H,19,22). The molecule has 22 heavy (non-hydrogen) atoms. The summed E-state index contributed by atoms with van der Waals surface area (Å²) in [5.41, 5.74) is 6.85. The van der Waals surface area contributed by atoms with Crippen LogP contribution in [0.5, 0.6) is 0 Å². The highest BCUT2D eigenvalue weighted by molar-refractivity contribution is 6.44. The molecule has 5 nitrogen and oxygen atoms in total. The zero-order valence-corrected chi connectivity index (χ0v) is 13.6. The molecule has 2 rings (SSSR count). The summed E-state index contributed by atoms with van der Waals surface area (Å²) in [5.74, 6) is -0.443. The number of pyridine rings is 1. The molecule has 0 spiro atoms. The van der Waals surface area contributed by atoms with Crippen LogP contribution in [0.3, 0.4) is 0 Å².